The SMILES string of the molecule is CC(C)(c1ccc(-c2nc(-c3ccc4c(c3)CC=CC=C4)cc(-c3ccc4ccccc4c3)n2)cc1)c1ccc(-c2nc(-c3ccc4ccccc4c3)cc(-c3ccc4ccccc4c3)n2)cc1. The van der Waals surface area contributed by atoms with Gasteiger partial charge in [0.25, 0.3) is 0 Å². The van der Waals surface area contributed by atoms with Gasteiger partial charge in [0.05, 0.1) is 22.8 Å². The highest BCUT2D eigenvalue weighted by molar-refractivity contribution is 5.90. The van der Waals surface area contributed by atoms with Crippen LogP contribution in [0.4, 0.5) is 0 Å². The van der Waals surface area contributed by atoms with E-state index in [4.69, 9.17) is 19.9 Å². The molecule has 1 aliphatic rings. The van der Waals surface area contributed by atoms with Gasteiger partial charge in [0.1, 0.15) is 0 Å². The van der Waals surface area contributed by atoms with E-state index >= 15 is 0 Å². The molecule has 0 atom stereocenters. The highest BCUT2D eigenvalue weighted by Gasteiger charge is 2.24. The third kappa shape index (κ3) is 7.86. The van der Waals surface area contributed by atoms with Gasteiger partial charge in [-0.15, -0.1) is 0 Å². The smallest absolute Gasteiger partial charge is 0.160 e. The molecule has 0 saturated carbocycles. The van der Waals surface area contributed by atoms with Crippen molar-refractivity contribution in [3.8, 4) is 67.8 Å². The van der Waals surface area contributed by atoms with Crippen molar-refractivity contribution in [3.63, 3.8) is 0 Å². The van der Waals surface area contributed by atoms with E-state index in [1.807, 2.05) is 0 Å². The summed E-state index contributed by atoms with van der Waals surface area (Å²) < 4.78 is 0. The molecule has 1 aliphatic carbocycles. The van der Waals surface area contributed by atoms with E-state index in [1.54, 1.807) is 0 Å². The number of allylic oxidation sites excluding steroid dienone is 3. The quantitative estimate of drug-likeness (QED) is 0.153. The number of hydrogen-bond donors (Lipinski definition) is 0. The molecule has 0 aliphatic heterocycles. The van der Waals surface area contributed by atoms with Crippen LogP contribution in [0.5, 0.6) is 0 Å². The Morgan fingerprint density at radius 1 is 0.338 bits per heavy atom. The van der Waals surface area contributed by atoms with Crippen molar-refractivity contribution in [1.29, 1.82) is 0 Å². The van der Waals surface area contributed by atoms with Crippen LogP contribution < -0.4 is 0 Å². The molecule has 0 saturated heterocycles. The van der Waals surface area contributed by atoms with Crippen LogP contribution in [-0.2, 0) is 11.8 Å². The van der Waals surface area contributed by atoms with Gasteiger partial charge in [-0.1, -0.05) is 208 Å². The molecule has 0 radical (unpaired) electrons. The van der Waals surface area contributed by atoms with Crippen molar-refractivity contribution in [2.24, 2.45) is 0 Å². The first-order valence-electron chi connectivity index (χ1n) is 23.3. The second-order valence-corrected chi connectivity index (χ2v) is 18.3. The number of nitrogens with zero attached hydrogens (tertiary/aromatic N) is 4. The van der Waals surface area contributed by atoms with E-state index in [9.17, 15) is 0 Å². The number of rotatable bonds is 8. The summed E-state index contributed by atoms with van der Waals surface area (Å²) in [5, 5.41) is 7.16. The van der Waals surface area contributed by atoms with Crippen molar-refractivity contribution in [2.45, 2.75) is 25.7 Å². The molecule has 2 heterocycles. The Balaban J connectivity index is 0.880. The van der Waals surface area contributed by atoms with E-state index in [2.05, 4.69) is 244 Å². The fourth-order valence-corrected chi connectivity index (χ4v) is 9.57. The molecule has 0 fully saturated rings. The predicted molar refractivity (Wildman–Crippen MR) is 283 cm³/mol. The van der Waals surface area contributed by atoms with Crippen molar-refractivity contribution in [3.05, 3.63) is 247 Å². The summed E-state index contributed by atoms with van der Waals surface area (Å²) in [6.45, 7) is 4.56. The molecule has 4 heteroatoms. The highest BCUT2D eigenvalue weighted by Crippen LogP contribution is 2.37. The van der Waals surface area contributed by atoms with Crippen LogP contribution in [0.2, 0.25) is 0 Å². The molecule has 0 amide bonds. The van der Waals surface area contributed by atoms with E-state index in [0.29, 0.717) is 11.6 Å². The van der Waals surface area contributed by atoms with Crippen LogP contribution in [0.3, 0.4) is 0 Å². The summed E-state index contributed by atoms with van der Waals surface area (Å²) in [5.74, 6) is 1.39. The average molecular weight is 871 g/mol. The van der Waals surface area contributed by atoms with Gasteiger partial charge in [-0.05, 0) is 97.4 Å². The first-order valence-corrected chi connectivity index (χ1v) is 23.3. The second kappa shape index (κ2) is 17.0. The molecule has 2 aromatic heterocycles. The largest absolute Gasteiger partial charge is 0.228 e. The summed E-state index contributed by atoms with van der Waals surface area (Å²) in [7, 11) is 0. The summed E-state index contributed by atoms with van der Waals surface area (Å²) >= 11 is 0. The third-order valence-corrected chi connectivity index (χ3v) is 13.6. The summed E-state index contributed by atoms with van der Waals surface area (Å²) in [6.07, 6.45) is 9.49. The number of benzene rings is 9. The lowest BCUT2D eigenvalue weighted by Crippen LogP contribution is -2.18. The molecule has 4 nitrogen and oxygen atoms in total. The third-order valence-electron chi connectivity index (χ3n) is 13.6. The fourth-order valence-electron chi connectivity index (χ4n) is 9.57. The van der Waals surface area contributed by atoms with Crippen LogP contribution in [0, 0.1) is 0 Å². The average Bonchev–Trinajstić information content (AvgIpc) is 3.65. The van der Waals surface area contributed by atoms with Crippen molar-refractivity contribution in [2.75, 3.05) is 0 Å². The number of hydrogen-bond acceptors (Lipinski definition) is 4. The summed E-state index contributed by atoms with van der Waals surface area (Å²) in [4.78, 5) is 20.9. The minimum atomic E-state index is -0.301. The molecule has 0 bridgehead atoms. The second-order valence-electron chi connectivity index (χ2n) is 18.3. The Bertz CT molecular complexity index is 3690. The number of aromatic nitrogens is 4. The van der Waals surface area contributed by atoms with Crippen LogP contribution in [0.15, 0.2) is 224 Å². The topological polar surface area (TPSA) is 51.6 Å². The molecule has 12 rings (SSSR count). The molecule has 0 spiro atoms. The van der Waals surface area contributed by atoms with Crippen molar-refractivity contribution >= 4 is 38.4 Å². The minimum absolute atomic E-state index is 0.301. The molecule has 68 heavy (non-hydrogen) atoms. The lowest BCUT2D eigenvalue weighted by atomic mass is 9.77. The maximum absolute atomic E-state index is 5.24. The lowest BCUT2D eigenvalue weighted by Gasteiger charge is -2.26. The van der Waals surface area contributed by atoms with Gasteiger partial charge in [-0.2, -0.15) is 0 Å². The zero-order valence-electron chi connectivity index (χ0n) is 37.9. The molecule has 322 valence electrons. The molecule has 0 unspecified atom stereocenters. The molecule has 9 aromatic carbocycles. The monoisotopic (exact) mass is 870 g/mol. The fraction of sp³-hybridized carbons (Fsp3) is 0.0625. The summed E-state index contributed by atoms with van der Waals surface area (Å²) in [5.41, 5.74) is 14.4. The van der Waals surface area contributed by atoms with Gasteiger partial charge in [0, 0.05) is 38.8 Å². The van der Waals surface area contributed by atoms with Crippen LogP contribution >= 0.6 is 0 Å². The van der Waals surface area contributed by atoms with Crippen molar-refractivity contribution in [1.82, 2.24) is 19.9 Å². The Hall–Kier alpha value is -8.60. The van der Waals surface area contributed by atoms with Crippen molar-refractivity contribution < 1.29 is 0 Å². The Kier molecular flexibility index (Phi) is 10.2. The zero-order chi connectivity index (χ0) is 45.6. The van der Waals surface area contributed by atoms with Crippen LogP contribution in [0.1, 0.15) is 36.1 Å². The molecule has 0 N–H and O–H groups in total. The van der Waals surface area contributed by atoms with E-state index in [-0.39, 0.29) is 5.41 Å². The highest BCUT2D eigenvalue weighted by atomic mass is 14.9. The molecular weight excluding hydrogens is 825 g/mol. The lowest BCUT2D eigenvalue weighted by molar-refractivity contribution is 0.641. The zero-order valence-corrected chi connectivity index (χ0v) is 37.9. The maximum Gasteiger partial charge on any atom is 0.160 e. The van der Waals surface area contributed by atoms with Crippen LogP contribution in [-0.4, -0.2) is 19.9 Å². The first kappa shape index (κ1) is 40.9. The van der Waals surface area contributed by atoms with Gasteiger partial charge in [0.15, 0.2) is 11.6 Å². The predicted octanol–water partition coefficient (Wildman–Crippen LogP) is 16.2. The van der Waals surface area contributed by atoms with E-state index < -0.39 is 0 Å². The van der Waals surface area contributed by atoms with Gasteiger partial charge < -0.3 is 0 Å². The molecule has 11 aromatic rings. The van der Waals surface area contributed by atoms with Gasteiger partial charge in [-0.25, -0.2) is 19.9 Å². The Labute approximate surface area is 396 Å². The number of fused-ring (bicyclic) bond motifs is 4. The molecular formula is C64H46N4. The van der Waals surface area contributed by atoms with Gasteiger partial charge >= 0.3 is 0 Å². The van der Waals surface area contributed by atoms with E-state index in [0.717, 1.165) is 62.6 Å². The Morgan fingerprint density at radius 2 is 0.706 bits per heavy atom. The normalized spacial score (nSPS) is 12.4. The first-order chi connectivity index (χ1) is 33.4. The van der Waals surface area contributed by atoms with Gasteiger partial charge in [0.2, 0.25) is 0 Å². The van der Waals surface area contributed by atoms with Crippen LogP contribution in [0.25, 0.3) is 106 Å². The minimum Gasteiger partial charge on any atom is -0.228 e. The van der Waals surface area contributed by atoms with Gasteiger partial charge in [-0.3, -0.25) is 0 Å². The Morgan fingerprint density at radius 3 is 1.13 bits per heavy atom. The summed E-state index contributed by atoms with van der Waals surface area (Å²) in [6, 6.07) is 73.5. The maximum atomic E-state index is 5.24. The standard InChI is InChI=1S/C64H46N4/c1-64(2,57-34-30-47(31-35-57)63-67-60(54-26-22-44-14-7-10-18-50(44)38-54)41-61(68-63)55-27-23-45-15-8-11-19-51(45)39-55)56-32-28-46(29-33-56)62-65-58(52-24-20-42-12-4-3-5-16-48(42)36-52)40-59(66-62)53-25-21-43-13-6-9-17-49(43)37-53/h3-15,17-41H,16H2,1-2H3. The van der Waals surface area contributed by atoms with E-state index in [1.165, 1.54) is 54.6 Å².